The van der Waals surface area contributed by atoms with Crippen molar-refractivity contribution in [3.8, 4) is 17.2 Å². The molecule has 4 nitrogen and oxygen atoms in total. The number of hydrogen-bond acceptors (Lipinski definition) is 4. The van der Waals surface area contributed by atoms with Gasteiger partial charge in [0, 0.05) is 0 Å². The lowest BCUT2D eigenvalue weighted by molar-refractivity contribution is 0.0456. The van der Waals surface area contributed by atoms with Gasteiger partial charge in [-0.05, 0) is 42.5 Å². The lowest BCUT2D eigenvalue weighted by atomic mass is 9.95. The number of fused-ring (bicyclic) bond motifs is 2. The summed E-state index contributed by atoms with van der Waals surface area (Å²) >= 11 is 0. The Morgan fingerprint density at radius 1 is 0.828 bits per heavy atom. The van der Waals surface area contributed by atoms with Gasteiger partial charge in [-0.25, -0.2) is 0 Å². The first kappa shape index (κ1) is 26.8. The van der Waals surface area contributed by atoms with Crippen LogP contribution in [0.2, 0.25) is 0 Å². The van der Waals surface area contributed by atoms with E-state index in [2.05, 4.69) is 25.1 Å². The summed E-state index contributed by atoms with van der Waals surface area (Å²) in [6.07, 6.45) is 2.18. The van der Waals surface area contributed by atoms with E-state index in [-0.39, 0.29) is 20.1 Å². The van der Waals surface area contributed by atoms with Crippen molar-refractivity contribution in [1.29, 1.82) is 0 Å². The Hall–Kier alpha value is -2.20. The number of hydrogen-bond donors (Lipinski definition) is 1. The average Bonchev–Trinajstić information content (AvgIpc) is 2.81. The molecule has 0 aliphatic carbocycles. The molecule has 0 radical (unpaired) electrons. The van der Waals surface area contributed by atoms with Crippen LogP contribution in [0.15, 0.2) is 48.5 Å². The van der Waals surface area contributed by atoms with E-state index in [4.69, 9.17) is 19.3 Å². The number of benzene rings is 2. The van der Waals surface area contributed by atoms with E-state index < -0.39 is 0 Å². The highest BCUT2D eigenvalue weighted by Gasteiger charge is 2.19. The van der Waals surface area contributed by atoms with Crippen LogP contribution in [0.5, 0.6) is 17.2 Å². The van der Waals surface area contributed by atoms with Gasteiger partial charge in [0.2, 0.25) is 0 Å². The van der Waals surface area contributed by atoms with Crippen LogP contribution in [0.4, 0.5) is 0 Å². The van der Waals surface area contributed by atoms with Gasteiger partial charge in [0.25, 0.3) is 0 Å². The second-order valence-corrected chi connectivity index (χ2v) is 6.08. The van der Waals surface area contributed by atoms with Gasteiger partial charge in [-0.1, -0.05) is 72.4 Å². The molecular weight excluding hydrogens is 364 g/mol. The van der Waals surface area contributed by atoms with Crippen molar-refractivity contribution in [3.05, 3.63) is 54.1 Å². The van der Waals surface area contributed by atoms with E-state index in [1.54, 1.807) is 0 Å². The zero-order valence-electron chi connectivity index (χ0n) is 18.0. The summed E-state index contributed by atoms with van der Waals surface area (Å²) in [5.41, 5.74) is 1.37. The summed E-state index contributed by atoms with van der Waals surface area (Å²) in [6, 6.07) is 15.8. The first-order chi connectivity index (χ1) is 13.8. The molecule has 4 rings (SSSR count). The highest BCUT2D eigenvalue weighted by Crippen LogP contribution is 2.30. The van der Waals surface area contributed by atoms with Gasteiger partial charge in [0.15, 0.2) is 17.6 Å². The Morgan fingerprint density at radius 3 is 2.00 bits per heavy atom. The zero-order valence-corrected chi connectivity index (χ0v) is 18.0. The standard InChI is InChI=1S/C11H14O.C9H10O3.2C2H6.CH4/c1-2-9-7-10-5-3-4-6-11(10)12-8-9;10-5-7-6-11-8-3-1-2-4-9(8)12-7;2*1-2;/h3-6,9H,2,7-8H2,1H3;1-4,7,10H,5-6H2;2*1-2H3;1H4. The summed E-state index contributed by atoms with van der Waals surface area (Å²) < 4.78 is 16.4. The molecule has 0 amide bonds. The average molecular weight is 405 g/mol. The highest BCUT2D eigenvalue weighted by atomic mass is 16.6. The molecule has 2 heterocycles. The molecule has 0 saturated carbocycles. The van der Waals surface area contributed by atoms with Crippen LogP contribution < -0.4 is 14.2 Å². The van der Waals surface area contributed by atoms with E-state index in [1.807, 2.05) is 58.0 Å². The Kier molecular flexibility index (Phi) is 14.5. The zero-order chi connectivity index (χ0) is 20.8. The molecule has 0 aromatic heterocycles. The van der Waals surface area contributed by atoms with E-state index in [9.17, 15) is 0 Å². The summed E-state index contributed by atoms with van der Waals surface area (Å²) in [6.45, 7) is 11.5. The van der Waals surface area contributed by atoms with Crippen molar-refractivity contribution >= 4 is 0 Å². The Labute approximate surface area is 177 Å². The molecule has 0 bridgehead atoms. The third kappa shape index (κ3) is 8.36. The minimum absolute atomic E-state index is 0. The van der Waals surface area contributed by atoms with Gasteiger partial charge in [-0.15, -0.1) is 0 Å². The molecule has 2 aliphatic heterocycles. The van der Waals surface area contributed by atoms with Crippen LogP contribution in [-0.4, -0.2) is 31.0 Å². The van der Waals surface area contributed by atoms with Crippen molar-refractivity contribution < 1.29 is 19.3 Å². The molecule has 0 spiro atoms. The number of aliphatic hydroxyl groups is 1. The fourth-order valence-electron chi connectivity index (χ4n) is 2.81. The van der Waals surface area contributed by atoms with Crippen molar-refractivity contribution in [1.82, 2.24) is 0 Å². The van der Waals surface area contributed by atoms with Crippen molar-refractivity contribution in [2.75, 3.05) is 19.8 Å². The van der Waals surface area contributed by atoms with Gasteiger partial charge in [0.05, 0.1) is 13.2 Å². The van der Waals surface area contributed by atoms with Crippen molar-refractivity contribution in [3.63, 3.8) is 0 Å². The SMILES string of the molecule is C.CC.CC.CCC1COc2ccccc2C1.OCC1COc2ccccc2O1. The first-order valence-corrected chi connectivity index (χ1v) is 10.5. The van der Waals surface area contributed by atoms with Crippen LogP contribution >= 0.6 is 0 Å². The summed E-state index contributed by atoms with van der Waals surface area (Å²) in [5.74, 6) is 3.27. The fraction of sp³-hybridized carbons (Fsp3) is 0.520. The van der Waals surface area contributed by atoms with Gasteiger partial charge in [0.1, 0.15) is 12.4 Å². The number of ether oxygens (including phenoxy) is 3. The lowest BCUT2D eigenvalue weighted by Gasteiger charge is -2.24. The van der Waals surface area contributed by atoms with Crippen molar-refractivity contribution in [2.24, 2.45) is 5.92 Å². The third-order valence-corrected chi connectivity index (χ3v) is 4.30. The number of aliphatic hydroxyl groups excluding tert-OH is 1. The molecule has 0 saturated heterocycles. The quantitative estimate of drug-likeness (QED) is 0.652. The largest absolute Gasteiger partial charge is 0.493 e. The predicted octanol–water partition coefficient (Wildman–Crippen LogP) is 6.15. The molecule has 1 N–H and O–H groups in total. The van der Waals surface area contributed by atoms with E-state index in [1.165, 1.54) is 18.4 Å². The molecule has 2 atom stereocenters. The number of rotatable bonds is 2. The Bertz CT molecular complexity index is 599. The minimum Gasteiger partial charge on any atom is -0.493 e. The minimum atomic E-state index is -0.222. The maximum Gasteiger partial charge on any atom is 0.161 e. The van der Waals surface area contributed by atoms with Gasteiger partial charge in [-0.3, -0.25) is 0 Å². The van der Waals surface area contributed by atoms with Gasteiger partial charge < -0.3 is 19.3 Å². The maximum atomic E-state index is 8.81. The van der Waals surface area contributed by atoms with E-state index in [0.717, 1.165) is 24.0 Å². The van der Waals surface area contributed by atoms with E-state index >= 15 is 0 Å². The maximum absolute atomic E-state index is 8.81. The summed E-state index contributed by atoms with van der Waals surface area (Å²) in [4.78, 5) is 0. The monoisotopic (exact) mass is 404 g/mol. The molecule has 2 aliphatic rings. The Balaban J connectivity index is 0.000000449. The molecule has 2 unspecified atom stereocenters. The van der Waals surface area contributed by atoms with Crippen LogP contribution in [0.25, 0.3) is 0 Å². The normalized spacial score (nSPS) is 17.7. The smallest absolute Gasteiger partial charge is 0.161 e. The molecule has 29 heavy (non-hydrogen) atoms. The molecule has 0 fully saturated rings. The van der Waals surface area contributed by atoms with E-state index in [0.29, 0.717) is 12.4 Å². The fourth-order valence-corrected chi connectivity index (χ4v) is 2.81. The molecule has 4 heteroatoms. The predicted molar refractivity (Wildman–Crippen MR) is 122 cm³/mol. The molecule has 2 aromatic rings. The van der Waals surface area contributed by atoms with Gasteiger partial charge in [-0.2, -0.15) is 0 Å². The topological polar surface area (TPSA) is 47.9 Å². The summed E-state index contributed by atoms with van der Waals surface area (Å²) in [5, 5.41) is 8.81. The second-order valence-electron chi connectivity index (χ2n) is 6.08. The molecule has 164 valence electrons. The third-order valence-electron chi connectivity index (χ3n) is 4.30. The van der Waals surface area contributed by atoms with Crippen LogP contribution in [-0.2, 0) is 6.42 Å². The highest BCUT2D eigenvalue weighted by molar-refractivity contribution is 5.40. The van der Waals surface area contributed by atoms with Crippen LogP contribution in [0, 0.1) is 5.92 Å². The molecular formula is C25H40O4. The molecule has 2 aromatic carbocycles. The van der Waals surface area contributed by atoms with Crippen molar-refractivity contribution in [2.45, 2.75) is 61.0 Å². The van der Waals surface area contributed by atoms with Crippen LogP contribution in [0.3, 0.4) is 0 Å². The van der Waals surface area contributed by atoms with Crippen LogP contribution in [0.1, 0.15) is 54.0 Å². The summed E-state index contributed by atoms with van der Waals surface area (Å²) in [7, 11) is 0. The van der Waals surface area contributed by atoms with Gasteiger partial charge >= 0.3 is 0 Å². The second kappa shape index (κ2) is 15.7. The number of para-hydroxylation sites is 3. The lowest BCUT2D eigenvalue weighted by Crippen LogP contribution is -2.32. The Morgan fingerprint density at radius 2 is 1.38 bits per heavy atom. The first-order valence-electron chi connectivity index (χ1n) is 10.5.